The SMILES string of the molecule is CN(C)CCOC(=O)N[C@@H]1CC(=O)N(c2cccc(F)c2)C1. The van der Waals surface area contributed by atoms with Gasteiger partial charge in [-0.05, 0) is 32.3 Å². The number of nitrogens with one attached hydrogen (secondary N) is 1. The molecule has 1 atom stereocenters. The van der Waals surface area contributed by atoms with Gasteiger partial charge in [0.05, 0.1) is 6.04 Å². The van der Waals surface area contributed by atoms with E-state index in [0.29, 0.717) is 18.8 Å². The van der Waals surface area contributed by atoms with Gasteiger partial charge in [0.2, 0.25) is 5.91 Å². The van der Waals surface area contributed by atoms with Gasteiger partial charge in [-0.1, -0.05) is 6.07 Å². The fraction of sp³-hybridized carbons (Fsp3) is 0.467. The van der Waals surface area contributed by atoms with E-state index in [1.54, 1.807) is 12.1 Å². The predicted octanol–water partition coefficient (Wildman–Crippen LogP) is 1.22. The predicted molar refractivity (Wildman–Crippen MR) is 80.2 cm³/mol. The number of amides is 2. The van der Waals surface area contributed by atoms with Gasteiger partial charge in [0.1, 0.15) is 12.4 Å². The number of rotatable bonds is 5. The van der Waals surface area contributed by atoms with E-state index in [4.69, 9.17) is 4.74 Å². The Labute approximate surface area is 128 Å². The van der Waals surface area contributed by atoms with Crippen LogP contribution in [-0.2, 0) is 9.53 Å². The van der Waals surface area contributed by atoms with Crippen molar-refractivity contribution < 1.29 is 18.7 Å². The average Bonchev–Trinajstić information content (AvgIpc) is 2.79. The van der Waals surface area contributed by atoms with Gasteiger partial charge in [-0.25, -0.2) is 9.18 Å². The number of carbonyl (C=O) groups is 2. The normalized spacial score (nSPS) is 17.9. The van der Waals surface area contributed by atoms with E-state index >= 15 is 0 Å². The molecular weight excluding hydrogens is 289 g/mol. The first kappa shape index (κ1) is 16.2. The molecule has 0 bridgehead atoms. The monoisotopic (exact) mass is 309 g/mol. The summed E-state index contributed by atoms with van der Waals surface area (Å²) in [4.78, 5) is 27.0. The molecule has 0 aromatic heterocycles. The Hall–Kier alpha value is -2.15. The van der Waals surface area contributed by atoms with Crippen molar-refractivity contribution in [3.63, 3.8) is 0 Å². The Morgan fingerprint density at radius 1 is 1.50 bits per heavy atom. The van der Waals surface area contributed by atoms with E-state index in [9.17, 15) is 14.0 Å². The van der Waals surface area contributed by atoms with Crippen molar-refractivity contribution in [2.24, 2.45) is 0 Å². The van der Waals surface area contributed by atoms with Crippen LogP contribution in [0.15, 0.2) is 24.3 Å². The van der Waals surface area contributed by atoms with Crippen LogP contribution in [0.1, 0.15) is 6.42 Å². The third kappa shape index (κ3) is 4.42. The Balaban J connectivity index is 1.86. The fourth-order valence-electron chi connectivity index (χ4n) is 2.23. The molecule has 0 saturated carbocycles. The molecule has 1 aliphatic heterocycles. The maximum absolute atomic E-state index is 13.2. The van der Waals surface area contributed by atoms with Crippen LogP contribution in [0.4, 0.5) is 14.9 Å². The van der Waals surface area contributed by atoms with Crippen LogP contribution in [0.25, 0.3) is 0 Å². The second-order valence-electron chi connectivity index (χ2n) is 5.47. The molecule has 1 aromatic carbocycles. The Morgan fingerprint density at radius 3 is 2.95 bits per heavy atom. The van der Waals surface area contributed by atoms with E-state index in [2.05, 4.69) is 5.32 Å². The van der Waals surface area contributed by atoms with Crippen LogP contribution in [0.3, 0.4) is 0 Å². The van der Waals surface area contributed by atoms with Crippen molar-refractivity contribution in [1.29, 1.82) is 0 Å². The molecule has 0 aliphatic carbocycles. The fourth-order valence-corrected chi connectivity index (χ4v) is 2.23. The Kier molecular flexibility index (Phi) is 5.32. The first-order chi connectivity index (χ1) is 10.5. The van der Waals surface area contributed by atoms with E-state index in [1.165, 1.54) is 17.0 Å². The average molecular weight is 309 g/mol. The minimum absolute atomic E-state index is 0.149. The van der Waals surface area contributed by atoms with Crippen LogP contribution < -0.4 is 10.2 Å². The Morgan fingerprint density at radius 2 is 2.27 bits per heavy atom. The molecule has 1 fully saturated rings. The topological polar surface area (TPSA) is 61.9 Å². The molecule has 6 nitrogen and oxygen atoms in total. The van der Waals surface area contributed by atoms with Crippen LogP contribution in [0.5, 0.6) is 0 Å². The molecule has 1 aliphatic rings. The number of hydrogen-bond acceptors (Lipinski definition) is 4. The highest BCUT2D eigenvalue weighted by molar-refractivity contribution is 5.96. The summed E-state index contributed by atoms with van der Waals surface area (Å²) in [6.45, 7) is 1.23. The standard InChI is InChI=1S/C15H20FN3O3/c1-18(2)6-7-22-15(21)17-12-9-14(20)19(10-12)13-5-3-4-11(16)8-13/h3-5,8,12H,6-7,9-10H2,1-2H3,(H,17,21)/t12-/m1/s1. The number of carbonyl (C=O) groups excluding carboxylic acids is 2. The molecule has 1 saturated heterocycles. The number of alkyl carbamates (subject to hydrolysis) is 1. The largest absolute Gasteiger partial charge is 0.448 e. The molecule has 0 spiro atoms. The van der Waals surface area contributed by atoms with Crippen LogP contribution in [-0.4, -0.2) is 56.7 Å². The van der Waals surface area contributed by atoms with Crippen molar-refractivity contribution in [3.8, 4) is 0 Å². The van der Waals surface area contributed by atoms with Gasteiger partial charge in [-0.15, -0.1) is 0 Å². The van der Waals surface area contributed by atoms with Crippen molar-refractivity contribution in [2.45, 2.75) is 12.5 Å². The van der Waals surface area contributed by atoms with Crippen molar-refractivity contribution in [2.75, 3.05) is 38.7 Å². The van der Waals surface area contributed by atoms with Crippen molar-refractivity contribution in [3.05, 3.63) is 30.1 Å². The molecule has 120 valence electrons. The maximum atomic E-state index is 13.2. The summed E-state index contributed by atoms with van der Waals surface area (Å²) in [7, 11) is 3.77. The number of nitrogens with zero attached hydrogens (tertiary/aromatic N) is 2. The van der Waals surface area contributed by atoms with Crippen LogP contribution in [0, 0.1) is 5.82 Å². The van der Waals surface area contributed by atoms with Crippen LogP contribution >= 0.6 is 0 Å². The highest BCUT2D eigenvalue weighted by Crippen LogP contribution is 2.22. The number of anilines is 1. The van der Waals surface area contributed by atoms with E-state index in [1.807, 2.05) is 19.0 Å². The number of benzene rings is 1. The summed E-state index contributed by atoms with van der Waals surface area (Å²) in [5, 5.41) is 2.66. The maximum Gasteiger partial charge on any atom is 0.407 e. The van der Waals surface area contributed by atoms with Gasteiger partial charge >= 0.3 is 6.09 Å². The summed E-state index contributed by atoms with van der Waals surface area (Å²) in [5.41, 5.74) is 0.496. The van der Waals surface area contributed by atoms with Gasteiger partial charge in [0.15, 0.2) is 0 Å². The number of likely N-dealkylation sites (N-methyl/N-ethyl adjacent to an activating group) is 1. The van der Waals surface area contributed by atoms with E-state index in [0.717, 1.165) is 0 Å². The second-order valence-corrected chi connectivity index (χ2v) is 5.47. The molecule has 1 heterocycles. The lowest BCUT2D eigenvalue weighted by Gasteiger charge is -2.17. The zero-order chi connectivity index (χ0) is 16.1. The van der Waals surface area contributed by atoms with Gasteiger partial charge in [-0.3, -0.25) is 4.79 Å². The lowest BCUT2D eigenvalue weighted by atomic mass is 10.3. The molecule has 2 rings (SSSR count). The lowest BCUT2D eigenvalue weighted by Crippen LogP contribution is -2.38. The van der Waals surface area contributed by atoms with Crippen molar-refractivity contribution >= 4 is 17.7 Å². The summed E-state index contributed by atoms with van der Waals surface area (Å²) in [6.07, 6.45) is -0.361. The zero-order valence-corrected chi connectivity index (χ0v) is 12.7. The number of halogens is 1. The summed E-state index contributed by atoms with van der Waals surface area (Å²) < 4.78 is 18.3. The molecule has 7 heteroatoms. The Bertz CT molecular complexity index is 551. The summed E-state index contributed by atoms with van der Waals surface area (Å²) >= 11 is 0. The minimum Gasteiger partial charge on any atom is -0.448 e. The summed E-state index contributed by atoms with van der Waals surface area (Å²) in [6, 6.07) is 5.51. The molecule has 1 aromatic rings. The molecule has 0 unspecified atom stereocenters. The highest BCUT2D eigenvalue weighted by Gasteiger charge is 2.32. The van der Waals surface area contributed by atoms with Gasteiger partial charge in [-0.2, -0.15) is 0 Å². The molecular formula is C15H20FN3O3. The van der Waals surface area contributed by atoms with Crippen molar-refractivity contribution in [1.82, 2.24) is 10.2 Å². The quantitative estimate of drug-likeness (QED) is 0.888. The van der Waals surface area contributed by atoms with E-state index in [-0.39, 0.29) is 25.0 Å². The molecule has 2 amide bonds. The second kappa shape index (κ2) is 7.22. The van der Waals surface area contributed by atoms with Gasteiger partial charge in [0, 0.05) is 25.2 Å². The lowest BCUT2D eigenvalue weighted by molar-refractivity contribution is -0.117. The summed E-state index contributed by atoms with van der Waals surface area (Å²) in [5.74, 6) is -0.547. The van der Waals surface area contributed by atoms with Crippen LogP contribution in [0.2, 0.25) is 0 Å². The molecule has 1 N–H and O–H groups in total. The number of hydrogen-bond donors (Lipinski definition) is 1. The molecule has 22 heavy (non-hydrogen) atoms. The first-order valence-electron chi connectivity index (χ1n) is 7.09. The van der Waals surface area contributed by atoms with Gasteiger partial charge < -0.3 is 19.9 Å². The smallest absolute Gasteiger partial charge is 0.407 e. The van der Waals surface area contributed by atoms with Gasteiger partial charge in [0.25, 0.3) is 0 Å². The number of ether oxygens (including phenoxy) is 1. The third-order valence-corrected chi connectivity index (χ3v) is 3.34. The minimum atomic E-state index is -0.541. The zero-order valence-electron chi connectivity index (χ0n) is 12.7. The molecule has 0 radical (unpaired) electrons. The first-order valence-corrected chi connectivity index (χ1v) is 7.09. The van der Waals surface area contributed by atoms with E-state index < -0.39 is 11.9 Å². The third-order valence-electron chi connectivity index (χ3n) is 3.34. The highest BCUT2D eigenvalue weighted by atomic mass is 19.1.